The van der Waals surface area contributed by atoms with Crippen LogP contribution in [0.4, 0.5) is 0 Å². The summed E-state index contributed by atoms with van der Waals surface area (Å²) in [5.41, 5.74) is -0.0637. The first kappa shape index (κ1) is 18.0. The maximum absolute atomic E-state index is 11.7. The molecule has 1 aromatic rings. The van der Waals surface area contributed by atoms with E-state index in [9.17, 15) is 9.90 Å². The van der Waals surface area contributed by atoms with Crippen molar-refractivity contribution >= 4 is 17.5 Å². The molecule has 5 heteroatoms. The van der Waals surface area contributed by atoms with Crippen LogP contribution in [0.1, 0.15) is 32.8 Å². The van der Waals surface area contributed by atoms with Crippen molar-refractivity contribution < 1.29 is 14.6 Å². The molecule has 0 aliphatic carbocycles. The predicted octanol–water partition coefficient (Wildman–Crippen LogP) is 2.77. The molecular weight excluding hydrogens is 290 g/mol. The van der Waals surface area contributed by atoms with E-state index in [1.54, 1.807) is 13.0 Å². The maximum Gasteiger partial charge on any atom is 0.246 e. The standard InChI is InChI=1S/C16H24ClNO3/c1-4-12(2)16(3,20)11-18-15(19)10-21-9-13-7-5-6-8-14(13)17/h5-8,12,20H,4,9-11H2,1-3H3,(H,18,19). The minimum atomic E-state index is -0.910. The summed E-state index contributed by atoms with van der Waals surface area (Å²) in [4.78, 5) is 11.7. The molecule has 0 saturated heterocycles. The second kappa shape index (κ2) is 8.37. The van der Waals surface area contributed by atoms with E-state index in [2.05, 4.69) is 5.32 Å². The molecule has 1 rings (SSSR count). The van der Waals surface area contributed by atoms with Crippen molar-refractivity contribution in [3.05, 3.63) is 34.9 Å². The zero-order valence-corrected chi connectivity index (χ0v) is 13.6. The number of benzene rings is 1. The van der Waals surface area contributed by atoms with E-state index in [-0.39, 0.29) is 31.6 Å². The molecule has 0 aliphatic rings. The van der Waals surface area contributed by atoms with Crippen LogP contribution in [0, 0.1) is 5.92 Å². The first-order valence-electron chi connectivity index (χ1n) is 7.17. The number of hydrogen-bond donors (Lipinski definition) is 2. The topological polar surface area (TPSA) is 58.6 Å². The summed E-state index contributed by atoms with van der Waals surface area (Å²) in [5, 5.41) is 13.5. The predicted molar refractivity (Wildman–Crippen MR) is 84.2 cm³/mol. The number of carbonyl (C=O) groups is 1. The SMILES string of the molecule is CCC(C)C(C)(O)CNC(=O)COCc1ccccc1Cl. The summed E-state index contributed by atoms with van der Waals surface area (Å²) >= 11 is 6.00. The molecule has 0 aliphatic heterocycles. The van der Waals surface area contributed by atoms with Gasteiger partial charge in [0.05, 0.1) is 12.2 Å². The van der Waals surface area contributed by atoms with Crippen LogP contribution in [-0.2, 0) is 16.1 Å². The average Bonchev–Trinajstić information content (AvgIpc) is 2.46. The highest BCUT2D eigenvalue weighted by atomic mass is 35.5. The second-order valence-corrected chi connectivity index (χ2v) is 5.93. The van der Waals surface area contributed by atoms with E-state index in [4.69, 9.17) is 16.3 Å². The summed E-state index contributed by atoms with van der Waals surface area (Å²) in [5.74, 6) is -0.132. The Kier molecular flexibility index (Phi) is 7.15. The Morgan fingerprint density at radius 3 is 2.76 bits per heavy atom. The molecule has 2 N–H and O–H groups in total. The number of aliphatic hydroxyl groups is 1. The van der Waals surface area contributed by atoms with E-state index < -0.39 is 5.60 Å². The minimum Gasteiger partial charge on any atom is -0.388 e. The van der Waals surface area contributed by atoms with E-state index in [0.717, 1.165) is 12.0 Å². The molecule has 0 heterocycles. The Morgan fingerprint density at radius 2 is 2.14 bits per heavy atom. The van der Waals surface area contributed by atoms with Gasteiger partial charge >= 0.3 is 0 Å². The third-order valence-corrected chi connectivity index (χ3v) is 4.13. The third kappa shape index (κ3) is 6.04. The quantitative estimate of drug-likeness (QED) is 0.776. The molecule has 2 atom stereocenters. The molecule has 0 aromatic heterocycles. The summed E-state index contributed by atoms with van der Waals surface area (Å²) in [6.45, 7) is 6.15. The fraction of sp³-hybridized carbons (Fsp3) is 0.562. The van der Waals surface area contributed by atoms with Gasteiger partial charge in [-0.1, -0.05) is 50.1 Å². The maximum atomic E-state index is 11.7. The van der Waals surface area contributed by atoms with Gasteiger partial charge in [-0.05, 0) is 24.5 Å². The van der Waals surface area contributed by atoms with Crippen LogP contribution in [-0.4, -0.2) is 29.8 Å². The lowest BCUT2D eigenvalue weighted by atomic mass is 9.89. The van der Waals surface area contributed by atoms with Gasteiger partial charge in [-0.25, -0.2) is 0 Å². The lowest BCUT2D eigenvalue weighted by Gasteiger charge is -2.29. The van der Waals surface area contributed by atoms with E-state index in [1.165, 1.54) is 0 Å². The molecule has 4 nitrogen and oxygen atoms in total. The number of hydrogen-bond acceptors (Lipinski definition) is 3. The van der Waals surface area contributed by atoms with Crippen molar-refractivity contribution in [2.75, 3.05) is 13.2 Å². The lowest BCUT2D eigenvalue weighted by Crippen LogP contribution is -2.45. The van der Waals surface area contributed by atoms with Crippen molar-refractivity contribution in [2.24, 2.45) is 5.92 Å². The smallest absolute Gasteiger partial charge is 0.246 e. The summed E-state index contributed by atoms with van der Waals surface area (Å²) in [6, 6.07) is 7.35. The molecule has 1 aromatic carbocycles. The molecule has 2 unspecified atom stereocenters. The fourth-order valence-corrected chi connectivity index (χ4v) is 2.00. The van der Waals surface area contributed by atoms with Crippen molar-refractivity contribution in [1.29, 1.82) is 0 Å². The Balaban J connectivity index is 2.30. The molecule has 0 fully saturated rings. The monoisotopic (exact) mass is 313 g/mol. The number of rotatable bonds is 8. The highest BCUT2D eigenvalue weighted by Gasteiger charge is 2.27. The van der Waals surface area contributed by atoms with E-state index in [1.807, 2.05) is 32.0 Å². The Hall–Kier alpha value is -1.10. The zero-order chi connectivity index (χ0) is 15.9. The zero-order valence-electron chi connectivity index (χ0n) is 12.9. The average molecular weight is 314 g/mol. The van der Waals surface area contributed by atoms with Crippen LogP contribution in [0.3, 0.4) is 0 Å². The van der Waals surface area contributed by atoms with Crippen molar-refractivity contribution in [1.82, 2.24) is 5.32 Å². The fourth-order valence-electron chi connectivity index (χ4n) is 1.81. The van der Waals surface area contributed by atoms with Gasteiger partial charge in [-0.15, -0.1) is 0 Å². The van der Waals surface area contributed by atoms with Gasteiger partial charge in [0.1, 0.15) is 6.61 Å². The third-order valence-electron chi connectivity index (χ3n) is 3.77. The summed E-state index contributed by atoms with van der Waals surface area (Å²) in [7, 11) is 0. The normalized spacial score (nSPS) is 15.3. The van der Waals surface area contributed by atoms with Gasteiger partial charge in [0, 0.05) is 11.6 Å². The minimum absolute atomic E-state index is 0.0538. The van der Waals surface area contributed by atoms with Gasteiger partial charge in [0.25, 0.3) is 0 Å². The van der Waals surface area contributed by atoms with Crippen molar-refractivity contribution in [3.8, 4) is 0 Å². The van der Waals surface area contributed by atoms with Crippen LogP contribution in [0.2, 0.25) is 5.02 Å². The lowest BCUT2D eigenvalue weighted by molar-refractivity contribution is -0.127. The van der Waals surface area contributed by atoms with Gasteiger partial charge < -0.3 is 15.2 Å². The summed E-state index contributed by atoms with van der Waals surface area (Å²) in [6.07, 6.45) is 0.853. The molecule has 21 heavy (non-hydrogen) atoms. The van der Waals surface area contributed by atoms with Gasteiger partial charge in [0.2, 0.25) is 5.91 Å². The molecule has 0 radical (unpaired) electrons. The number of halogens is 1. The van der Waals surface area contributed by atoms with Crippen LogP contribution in [0.25, 0.3) is 0 Å². The Labute approximate surface area is 131 Å². The van der Waals surface area contributed by atoms with Crippen LogP contribution >= 0.6 is 11.6 Å². The number of carbonyl (C=O) groups excluding carboxylic acids is 1. The van der Waals surface area contributed by atoms with E-state index >= 15 is 0 Å². The van der Waals surface area contributed by atoms with Gasteiger partial charge in [-0.2, -0.15) is 0 Å². The van der Waals surface area contributed by atoms with Crippen molar-refractivity contribution in [3.63, 3.8) is 0 Å². The highest BCUT2D eigenvalue weighted by molar-refractivity contribution is 6.31. The molecule has 0 saturated carbocycles. The number of amides is 1. The van der Waals surface area contributed by atoms with E-state index in [0.29, 0.717) is 5.02 Å². The molecule has 118 valence electrons. The molecular formula is C16H24ClNO3. The largest absolute Gasteiger partial charge is 0.388 e. The first-order chi connectivity index (χ1) is 9.86. The summed E-state index contributed by atoms with van der Waals surface area (Å²) < 4.78 is 5.34. The van der Waals surface area contributed by atoms with Crippen molar-refractivity contribution in [2.45, 2.75) is 39.4 Å². The molecule has 1 amide bonds. The van der Waals surface area contributed by atoms with Crippen LogP contribution < -0.4 is 5.32 Å². The van der Waals surface area contributed by atoms with Gasteiger partial charge in [0.15, 0.2) is 0 Å². The first-order valence-corrected chi connectivity index (χ1v) is 7.54. The van der Waals surface area contributed by atoms with Crippen LogP contribution in [0.5, 0.6) is 0 Å². The molecule has 0 spiro atoms. The van der Waals surface area contributed by atoms with Gasteiger partial charge in [-0.3, -0.25) is 4.79 Å². The Bertz CT molecular complexity index is 463. The van der Waals surface area contributed by atoms with Crippen LogP contribution in [0.15, 0.2) is 24.3 Å². The Morgan fingerprint density at radius 1 is 1.48 bits per heavy atom. The number of ether oxygens (including phenoxy) is 1. The highest BCUT2D eigenvalue weighted by Crippen LogP contribution is 2.19. The molecule has 0 bridgehead atoms. The number of nitrogens with one attached hydrogen (secondary N) is 1. The second-order valence-electron chi connectivity index (χ2n) is 5.53.